The van der Waals surface area contributed by atoms with Crippen molar-refractivity contribution in [2.45, 2.75) is 45.0 Å². The molecule has 3 nitrogen and oxygen atoms in total. The maximum absolute atomic E-state index is 10.8. The van der Waals surface area contributed by atoms with E-state index in [1.165, 1.54) is 7.11 Å². The Hall–Kier alpha value is -0.613. The maximum Gasteiger partial charge on any atom is 0.305 e. The lowest BCUT2D eigenvalue weighted by Gasteiger charge is -2.10. The van der Waals surface area contributed by atoms with Crippen LogP contribution in [0.2, 0.25) is 19.6 Å². The van der Waals surface area contributed by atoms with Gasteiger partial charge in [-0.05, 0) is 12.8 Å². The molecule has 0 spiro atoms. The molecule has 0 saturated carbocycles. The third-order valence-corrected chi connectivity index (χ3v) is 3.12. The summed E-state index contributed by atoms with van der Waals surface area (Å²) in [6.45, 7) is 6.64. The monoisotopic (exact) mass is 230 g/mol. The van der Waals surface area contributed by atoms with Crippen LogP contribution in [-0.2, 0) is 9.53 Å². The molecule has 0 radical (unpaired) electrons. The molecule has 0 aliphatic carbocycles. The van der Waals surface area contributed by atoms with Crippen molar-refractivity contribution in [3.05, 3.63) is 11.8 Å². The fraction of sp³-hybridized carbons (Fsp3) is 0.727. The molecule has 4 heteroatoms. The Morgan fingerprint density at radius 1 is 1.47 bits per heavy atom. The van der Waals surface area contributed by atoms with Crippen molar-refractivity contribution in [3.8, 4) is 0 Å². The van der Waals surface area contributed by atoms with Crippen LogP contribution in [0.3, 0.4) is 0 Å². The molecular weight excluding hydrogens is 208 g/mol. The summed E-state index contributed by atoms with van der Waals surface area (Å²) in [6, 6.07) is 0. The zero-order valence-corrected chi connectivity index (χ0v) is 11.1. The molecule has 0 aliphatic rings. The van der Waals surface area contributed by atoms with Crippen molar-refractivity contribution in [1.29, 1.82) is 0 Å². The van der Waals surface area contributed by atoms with Crippen molar-refractivity contribution in [2.24, 2.45) is 0 Å². The number of ether oxygens (including phenoxy) is 1. The Balaban J connectivity index is 3.71. The van der Waals surface area contributed by atoms with Gasteiger partial charge in [-0.15, -0.1) is 0 Å². The van der Waals surface area contributed by atoms with E-state index >= 15 is 0 Å². The largest absolute Gasteiger partial charge is 0.469 e. The summed E-state index contributed by atoms with van der Waals surface area (Å²) in [4.78, 5) is 10.8. The second-order valence-electron chi connectivity index (χ2n) is 4.76. The Labute approximate surface area is 93.1 Å². The Morgan fingerprint density at radius 3 is 2.53 bits per heavy atom. The third-order valence-electron chi connectivity index (χ3n) is 1.93. The van der Waals surface area contributed by atoms with E-state index < -0.39 is 14.2 Å². The smallest absolute Gasteiger partial charge is 0.305 e. The number of rotatable bonds is 6. The molecule has 0 saturated heterocycles. The first-order valence-electron chi connectivity index (χ1n) is 5.29. The van der Waals surface area contributed by atoms with Crippen LogP contribution in [0.4, 0.5) is 0 Å². The Kier molecular flexibility index (Phi) is 6.52. The normalized spacial score (nSPS) is 14.2. The van der Waals surface area contributed by atoms with Crippen LogP contribution in [0.25, 0.3) is 0 Å². The number of carbonyl (C=O) groups is 1. The van der Waals surface area contributed by atoms with Gasteiger partial charge in [-0.25, -0.2) is 0 Å². The molecule has 88 valence electrons. The molecule has 0 fully saturated rings. The number of methoxy groups -OCH3 is 1. The zero-order chi connectivity index (χ0) is 11.9. The lowest BCUT2D eigenvalue weighted by Crippen LogP contribution is -2.17. The van der Waals surface area contributed by atoms with Gasteiger partial charge in [0.1, 0.15) is 0 Å². The highest BCUT2D eigenvalue weighted by Crippen LogP contribution is 2.07. The van der Waals surface area contributed by atoms with Crippen molar-refractivity contribution < 1.29 is 14.6 Å². The van der Waals surface area contributed by atoms with E-state index in [9.17, 15) is 9.90 Å². The van der Waals surface area contributed by atoms with Gasteiger partial charge in [-0.3, -0.25) is 4.79 Å². The summed E-state index contributed by atoms with van der Waals surface area (Å²) in [5, 5.41) is 9.58. The molecule has 0 aliphatic heterocycles. The molecule has 0 aromatic heterocycles. The highest BCUT2D eigenvalue weighted by Gasteiger charge is 2.09. The minimum atomic E-state index is -1.22. The first-order valence-corrected chi connectivity index (χ1v) is 8.87. The highest BCUT2D eigenvalue weighted by atomic mass is 28.3. The number of carbonyl (C=O) groups excluding carboxylic acids is 1. The summed E-state index contributed by atoms with van der Waals surface area (Å²) in [6.07, 6.45) is 3.10. The van der Waals surface area contributed by atoms with Crippen LogP contribution in [0.1, 0.15) is 19.3 Å². The van der Waals surface area contributed by atoms with Gasteiger partial charge in [-0.1, -0.05) is 31.4 Å². The quantitative estimate of drug-likeness (QED) is 0.561. The molecule has 0 bridgehead atoms. The summed E-state index contributed by atoms with van der Waals surface area (Å²) in [5.74, 6) is -0.212. The average molecular weight is 230 g/mol. The van der Waals surface area contributed by atoms with Gasteiger partial charge in [0.05, 0.1) is 21.3 Å². The average Bonchev–Trinajstić information content (AvgIpc) is 2.13. The molecule has 0 unspecified atom stereocenters. The molecule has 15 heavy (non-hydrogen) atoms. The second kappa shape index (κ2) is 6.79. The van der Waals surface area contributed by atoms with Gasteiger partial charge in [0.25, 0.3) is 0 Å². The predicted octanol–water partition coefficient (Wildman–Crippen LogP) is 2.12. The number of esters is 1. The van der Waals surface area contributed by atoms with E-state index in [0.717, 1.165) is 0 Å². The second-order valence-corrected chi connectivity index (χ2v) is 9.83. The Bertz CT molecular complexity index is 218. The van der Waals surface area contributed by atoms with Gasteiger partial charge >= 0.3 is 5.97 Å². The first kappa shape index (κ1) is 14.4. The predicted molar refractivity (Wildman–Crippen MR) is 64.4 cm³/mol. The lowest BCUT2D eigenvalue weighted by molar-refractivity contribution is -0.140. The molecule has 0 rings (SSSR count). The molecule has 0 heterocycles. The SMILES string of the molecule is COC(=O)CCC[C@H](O)/C=C/[Si](C)(C)C. The van der Waals surface area contributed by atoms with Gasteiger partial charge in [0.2, 0.25) is 0 Å². The van der Waals surface area contributed by atoms with Gasteiger partial charge in [0.15, 0.2) is 0 Å². The van der Waals surface area contributed by atoms with E-state index in [4.69, 9.17) is 0 Å². The molecule has 0 amide bonds. The molecular formula is C11H22O3Si. The summed E-state index contributed by atoms with van der Waals surface area (Å²) in [5.41, 5.74) is 2.12. The van der Waals surface area contributed by atoms with Gasteiger partial charge in [-0.2, -0.15) is 0 Å². The van der Waals surface area contributed by atoms with Gasteiger partial charge < -0.3 is 9.84 Å². The minimum absolute atomic E-state index is 0.212. The molecule has 0 aromatic carbocycles. The lowest BCUT2D eigenvalue weighted by atomic mass is 10.1. The van der Waals surface area contributed by atoms with Crippen LogP contribution >= 0.6 is 0 Å². The number of aliphatic hydroxyl groups excluding tert-OH is 1. The number of aliphatic hydroxyl groups is 1. The summed E-state index contributed by atoms with van der Waals surface area (Å²) >= 11 is 0. The Morgan fingerprint density at radius 2 is 2.07 bits per heavy atom. The topological polar surface area (TPSA) is 46.5 Å². The molecule has 1 N–H and O–H groups in total. The summed E-state index contributed by atoms with van der Waals surface area (Å²) < 4.78 is 4.51. The standard InChI is InChI=1S/C11H22O3Si/c1-14-11(13)7-5-6-10(12)8-9-15(2,3)4/h8-10,12H,5-7H2,1-4H3/b9-8+/t10-/m0/s1. The molecule has 0 aromatic rings. The van der Waals surface area contributed by atoms with Crippen LogP contribution < -0.4 is 0 Å². The first-order chi connectivity index (χ1) is 6.85. The highest BCUT2D eigenvalue weighted by molar-refractivity contribution is 6.80. The van der Waals surface area contributed by atoms with Crippen molar-refractivity contribution >= 4 is 14.0 Å². The van der Waals surface area contributed by atoms with E-state index in [1.807, 2.05) is 6.08 Å². The summed E-state index contributed by atoms with van der Waals surface area (Å²) in [7, 11) is 0.159. The maximum atomic E-state index is 10.8. The van der Waals surface area contributed by atoms with Crippen LogP contribution in [0.5, 0.6) is 0 Å². The van der Waals surface area contributed by atoms with Gasteiger partial charge in [0, 0.05) is 6.42 Å². The van der Waals surface area contributed by atoms with Crippen LogP contribution in [-0.4, -0.2) is 32.4 Å². The van der Waals surface area contributed by atoms with Crippen molar-refractivity contribution in [1.82, 2.24) is 0 Å². The van der Waals surface area contributed by atoms with E-state index in [0.29, 0.717) is 19.3 Å². The van der Waals surface area contributed by atoms with Crippen LogP contribution in [0, 0.1) is 0 Å². The fourth-order valence-corrected chi connectivity index (χ4v) is 1.85. The van der Waals surface area contributed by atoms with Crippen molar-refractivity contribution in [3.63, 3.8) is 0 Å². The van der Waals surface area contributed by atoms with Crippen LogP contribution in [0.15, 0.2) is 11.8 Å². The van der Waals surface area contributed by atoms with E-state index in [-0.39, 0.29) is 5.97 Å². The van der Waals surface area contributed by atoms with E-state index in [2.05, 4.69) is 30.1 Å². The third kappa shape index (κ3) is 9.69. The fourth-order valence-electron chi connectivity index (χ4n) is 1.05. The van der Waals surface area contributed by atoms with E-state index in [1.54, 1.807) is 0 Å². The minimum Gasteiger partial charge on any atom is -0.469 e. The van der Waals surface area contributed by atoms with Crippen molar-refractivity contribution in [2.75, 3.05) is 7.11 Å². The number of hydrogen-bond acceptors (Lipinski definition) is 3. The molecule has 1 atom stereocenters. The number of hydrogen-bond donors (Lipinski definition) is 1. The zero-order valence-electron chi connectivity index (χ0n) is 10.1.